The van der Waals surface area contributed by atoms with Crippen molar-refractivity contribution in [3.63, 3.8) is 0 Å². The van der Waals surface area contributed by atoms with Crippen LogP contribution in [-0.2, 0) is 11.2 Å². The average molecular weight is 429 g/mol. The summed E-state index contributed by atoms with van der Waals surface area (Å²) in [5.41, 5.74) is 2.92. The first-order chi connectivity index (χ1) is 15.6. The van der Waals surface area contributed by atoms with Crippen LogP contribution < -0.4 is 5.32 Å². The molecule has 4 rings (SSSR count). The van der Waals surface area contributed by atoms with Crippen LogP contribution in [-0.4, -0.2) is 46.3 Å². The van der Waals surface area contributed by atoms with Gasteiger partial charge in [0, 0.05) is 38.2 Å². The number of rotatable bonds is 6. The maximum Gasteiger partial charge on any atom is 0.272 e. The molecule has 3 aromatic rings. The fourth-order valence-electron chi connectivity index (χ4n) is 4.50. The van der Waals surface area contributed by atoms with Crippen molar-refractivity contribution in [3.05, 3.63) is 84.4 Å². The highest BCUT2D eigenvalue weighted by Gasteiger charge is 2.43. The summed E-state index contributed by atoms with van der Waals surface area (Å²) in [7, 11) is 0. The summed E-state index contributed by atoms with van der Waals surface area (Å²) in [5.74, 6) is -0.117. The highest BCUT2D eigenvalue weighted by atomic mass is 16.2. The van der Waals surface area contributed by atoms with Crippen LogP contribution >= 0.6 is 0 Å². The predicted molar refractivity (Wildman–Crippen MR) is 124 cm³/mol. The summed E-state index contributed by atoms with van der Waals surface area (Å²) in [6.07, 6.45) is 7.30. The number of aromatic nitrogens is 2. The van der Waals surface area contributed by atoms with Crippen molar-refractivity contribution in [2.45, 2.75) is 26.2 Å². The summed E-state index contributed by atoms with van der Waals surface area (Å²) in [6.45, 7) is 3.50. The minimum Gasteiger partial charge on any atom is -0.356 e. The topological polar surface area (TPSA) is 75.2 Å². The van der Waals surface area contributed by atoms with Gasteiger partial charge in [-0.3, -0.25) is 19.6 Å². The van der Waals surface area contributed by atoms with E-state index in [0.29, 0.717) is 31.7 Å². The van der Waals surface area contributed by atoms with E-state index < -0.39 is 5.41 Å². The standard InChI is InChI=1S/C26H28N4O2/c1-2-28-25(32)26(12-7-15-30(19-26)24(31)23-11-3-4-14-29-23)17-20-8-5-9-21(16-20)22-10-6-13-27-18-22/h3-6,8-11,13-14,16,18H,2,7,12,15,17,19H2,1H3,(H,28,32)/t26-/m0/s1. The first kappa shape index (κ1) is 21.7. The number of amides is 2. The van der Waals surface area contributed by atoms with Gasteiger partial charge in [-0.1, -0.05) is 36.4 Å². The van der Waals surface area contributed by atoms with Gasteiger partial charge in [0.2, 0.25) is 5.91 Å². The molecule has 1 atom stereocenters. The van der Waals surface area contributed by atoms with Gasteiger partial charge in [-0.2, -0.15) is 0 Å². The third kappa shape index (κ3) is 4.69. The highest BCUT2D eigenvalue weighted by Crippen LogP contribution is 2.35. The van der Waals surface area contributed by atoms with Crippen molar-refractivity contribution in [1.29, 1.82) is 0 Å². The zero-order valence-electron chi connectivity index (χ0n) is 18.3. The van der Waals surface area contributed by atoms with Crippen LogP contribution in [0.5, 0.6) is 0 Å². The molecule has 6 nitrogen and oxygen atoms in total. The monoisotopic (exact) mass is 428 g/mol. The summed E-state index contributed by atoms with van der Waals surface area (Å²) >= 11 is 0. The number of benzene rings is 1. The van der Waals surface area contributed by atoms with E-state index in [1.807, 2.05) is 37.4 Å². The fraction of sp³-hybridized carbons (Fsp3) is 0.308. The molecule has 6 heteroatoms. The van der Waals surface area contributed by atoms with Gasteiger partial charge in [0.25, 0.3) is 5.91 Å². The van der Waals surface area contributed by atoms with E-state index >= 15 is 0 Å². The minimum absolute atomic E-state index is 0.00491. The molecule has 32 heavy (non-hydrogen) atoms. The zero-order chi connectivity index (χ0) is 22.4. The molecular formula is C26H28N4O2. The molecule has 1 fully saturated rings. The molecule has 2 aromatic heterocycles. The van der Waals surface area contributed by atoms with Gasteiger partial charge in [0.1, 0.15) is 5.69 Å². The van der Waals surface area contributed by atoms with Crippen LogP contribution in [0.15, 0.2) is 73.2 Å². The minimum atomic E-state index is -0.674. The number of carbonyl (C=O) groups excluding carboxylic acids is 2. The van der Waals surface area contributed by atoms with Gasteiger partial charge in [0.15, 0.2) is 0 Å². The summed E-state index contributed by atoms with van der Waals surface area (Å²) in [5, 5.41) is 3.02. The lowest BCUT2D eigenvalue weighted by atomic mass is 9.74. The number of carbonyl (C=O) groups is 2. The third-order valence-corrected chi connectivity index (χ3v) is 6.03. The second kappa shape index (κ2) is 9.73. The molecule has 0 radical (unpaired) electrons. The lowest BCUT2D eigenvalue weighted by molar-refractivity contribution is -0.133. The van der Waals surface area contributed by atoms with Gasteiger partial charge in [-0.25, -0.2) is 0 Å². The van der Waals surface area contributed by atoms with Crippen LogP contribution in [0, 0.1) is 5.41 Å². The number of hydrogen-bond acceptors (Lipinski definition) is 4. The predicted octanol–water partition coefficient (Wildman–Crippen LogP) is 3.74. The fourth-order valence-corrected chi connectivity index (χ4v) is 4.50. The van der Waals surface area contributed by atoms with Crippen molar-refractivity contribution in [3.8, 4) is 11.1 Å². The highest BCUT2D eigenvalue weighted by molar-refractivity contribution is 5.93. The Morgan fingerprint density at radius 1 is 1.06 bits per heavy atom. The van der Waals surface area contributed by atoms with Crippen LogP contribution in [0.2, 0.25) is 0 Å². The first-order valence-corrected chi connectivity index (χ1v) is 11.1. The lowest BCUT2D eigenvalue weighted by Gasteiger charge is -2.41. The molecule has 2 amide bonds. The van der Waals surface area contributed by atoms with Gasteiger partial charge in [-0.05, 0) is 61.1 Å². The lowest BCUT2D eigenvalue weighted by Crippen LogP contribution is -2.54. The average Bonchev–Trinajstić information content (AvgIpc) is 2.85. The van der Waals surface area contributed by atoms with Crippen molar-refractivity contribution < 1.29 is 9.59 Å². The normalized spacial score (nSPS) is 18.2. The Morgan fingerprint density at radius 3 is 2.69 bits per heavy atom. The molecule has 1 aromatic carbocycles. The maximum absolute atomic E-state index is 13.3. The van der Waals surface area contributed by atoms with Crippen LogP contribution in [0.4, 0.5) is 0 Å². The van der Waals surface area contributed by atoms with Gasteiger partial charge in [0.05, 0.1) is 5.41 Å². The maximum atomic E-state index is 13.3. The smallest absolute Gasteiger partial charge is 0.272 e. The Bertz CT molecular complexity index is 1070. The molecule has 3 heterocycles. The number of nitrogens with one attached hydrogen (secondary N) is 1. The van der Waals surface area contributed by atoms with E-state index in [2.05, 4.69) is 33.5 Å². The largest absolute Gasteiger partial charge is 0.356 e. The Balaban J connectivity index is 1.62. The van der Waals surface area contributed by atoms with Crippen LogP contribution in [0.25, 0.3) is 11.1 Å². The molecular weight excluding hydrogens is 400 g/mol. The number of hydrogen-bond donors (Lipinski definition) is 1. The van der Waals surface area contributed by atoms with Crippen LogP contribution in [0.3, 0.4) is 0 Å². The first-order valence-electron chi connectivity index (χ1n) is 11.1. The molecule has 1 saturated heterocycles. The number of likely N-dealkylation sites (tertiary alicyclic amines) is 1. The quantitative estimate of drug-likeness (QED) is 0.649. The Hall–Kier alpha value is -3.54. The zero-order valence-corrected chi connectivity index (χ0v) is 18.3. The summed E-state index contributed by atoms with van der Waals surface area (Å²) < 4.78 is 0. The third-order valence-electron chi connectivity index (χ3n) is 6.03. The number of pyridine rings is 2. The van der Waals surface area contributed by atoms with Gasteiger partial charge >= 0.3 is 0 Å². The van der Waals surface area contributed by atoms with E-state index in [9.17, 15) is 9.59 Å². The van der Waals surface area contributed by atoms with E-state index in [0.717, 1.165) is 29.5 Å². The molecule has 0 spiro atoms. The van der Waals surface area contributed by atoms with Crippen LogP contribution in [0.1, 0.15) is 35.8 Å². The Kier molecular flexibility index (Phi) is 6.59. The van der Waals surface area contributed by atoms with Crippen molar-refractivity contribution in [1.82, 2.24) is 20.2 Å². The van der Waals surface area contributed by atoms with Gasteiger partial charge in [-0.15, -0.1) is 0 Å². The van der Waals surface area contributed by atoms with Crippen molar-refractivity contribution >= 4 is 11.8 Å². The SMILES string of the molecule is CCNC(=O)[C@]1(Cc2cccc(-c3cccnc3)c2)CCCN(C(=O)c2ccccn2)C1. The van der Waals surface area contributed by atoms with Crippen molar-refractivity contribution in [2.75, 3.05) is 19.6 Å². The molecule has 1 aliphatic rings. The molecule has 164 valence electrons. The molecule has 0 saturated carbocycles. The molecule has 1 aliphatic heterocycles. The molecule has 1 N–H and O–H groups in total. The number of piperidine rings is 1. The number of nitrogens with zero attached hydrogens (tertiary/aromatic N) is 3. The molecule has 0 bridgehead atoms. The second-order valence-corrected chi connectivity index (χ2v) is 8.30. The van der Waals surface area contributed by atoms with E-state index in [-0.39, 0.29) is 11.8 Å². The van der Waals surface area contributed by atoms with Gasteiger partial charge < -0.3 is 10.2 Å². The van der Waals surface area contributed by atoms with E-state index in [4.69, 9.17) is 0 Å². The molecule has 0 unspecified atom stereocenters. The van der Waals surface area contributed by atoms with E-state index in [1.54, 1.807) is 29.4 Å². The summed E-state index contributed by atoms with van der Waals surface area (Å²) in [6, 6.07) is 17.5. The molecule has 0 aliphatic carbocycles. The van der Waals surface area contributed by atoms with Crippen molar-refractivity contribution in [2.24, 2.45) is 5.41 Å². The van der Waals surface area contributed by atoms with E-state index in [1.165, 1.54) is 0 Å². The summed E-state index contributed by atoms with van der Waals surface area (Å²) in [4.78, 5) is 36.6. The second-order valence-electron chi connectivity index (χ2n) is 8.30. The Labute approximate surface area is 188 Å². The Morgan fingerprint density at radius 2 is 1.94 bits per heavy atom.